The summed E-state index contributed by atoms with van der Waals surface area (Å²) in [4.78, 5) is 14.0. The Morgan fingerprint density at radius 2 is 2.09 bits per heavy atom. The maximum absolute atomic E-state index is 12.2. The predicted octanol–water partition coefficient (Wildman–Crippen LogP) is 2.35. The number of piperidine rings is 1. The van der Waals surface area contributed by atoms with E-state index in [1.807, 2.05) is 44.7 Å². The standard InChI is InChI=1S/C23H30N8O/c1-4-21(32)29-13-8-11-19(16-29)24-22(20-12-14-30(26-20)17(2)3)23-25-27-28-31(23)15-18-9-6-5-7-10-18/h4-7,9-10,12,14,17,19,22,24H,1,8,11,13,15-16H2,2-3H3. The third kappa shape index (κ3) is 4.94. The second-order valence-electron chi connectivity index (χ2n) is 8.42. The molecule has 4 rings (SSSR count). The van der Waals surface area contributed by atoms with Gasteiger partial charge in [0.2, 0.25) is 5.91 Å². The van der Waals surface area contributed by atoms with E-state index in [9.17, 15) is 4.79 Å². The summed E-state index contributed by atoms with van der Waals surface area (Å²) >= 11 is 0. The van der Waals surface area contributed by atoms with Gasteiger partial charge in [-0.3, -0.25) is 14.8 Å². The van der Waals surface area contributed by atoms with Crippen molar-refractivity contribution in [3.63, 3.8) is 0 Å². The lowest BCUT2D eigenvalue weighted by Gasteiger charge is -2.34. The van der Waals surface area contributed by atoms with Crippen LogP contribution < -0.4 is 5.32 Å². The molecule has 1 aliphatic heterocycles. The highest BCUT2D eigenvalue weighted by atomic mass is 16.2. The van der Waals surface area contributed by atoms with E-state index in [1.165, 1.54) is 6.08 Å². The molecular formula is C23H30N8O. The zero-order valence-corrected chi connectivity index (χ0v) is 18.6. The molecule has 0 saturated carbocycles. The van der Waals surface area contributed by atoms with Crippen molar-refractivity contribution in [2.45, 2.75) is 51.4 Å². The molecule has 0 radical (unpaired) electrons. The van der Waals surface area contributed by atoms with Crippen LogP contribution in [0.3, 0.4) is 0 Å². The molecule has 1 N–H and O–H groups in total. The largest absolute Gasteiger partial charge is 0.338 e. The van der Waals surface area contributed by atoms with E-state index in [0.29, 0.717) is 18.9 Å². The van der Waals surface area contributed by atoms with E-state index in [0.717, 1.165) is 30.6 Å². The summed E-state index contributed by atoms with van der Waals surface area (Å²) in [5.74, 6) is 0.668. The van der Waals surface area contributed by atoms with Crippen molar-refractivity contribution in [1.29, 1.82) is 0 Å². The Labute approximate surface area is 188 Å². The fourth-order valence-electron chi connectivity index (χ4n) is 4.05. The third-order valence-electron chi connectivity index (χ3n) is 5.76. The highest BCUT2D eigenvalue weighted by Gasteiger charge is 2.30. The molecule has 2 unspecified atom stereocenters. The van der Waals surface area contributed by atoms with Crippen LogP contribution in [-0.2, 0) is 11.3 Å². The SMILES string of the molecule is C=CC(=O)N1CCCC(NC(c2ccn(C(C)C)n2)c2nnnn2Cc2ccccc2)C1. The lowest BCUT2D eigenvalue weighted by molar-refractivity contribution is -0.127. The number of nitrogens with zero attached hydrogens (tertiary/aromatic N) is 7. The Bertz CT molecular complexity index is 1040. The molecular weight excluding hydrogens is 404 g/mol. The third-order valence-corrected chi connectivity index (χ3v) is 5.76. The molecule has 9 heteroatoms. The van der Waals surface area contributed by atoms with E-state index < -0.39 is 0 Å². The molecule has 1 fully saturated rings. The van der Waals surface area contributed by atoms with Crippen molar-refractivity contribution >= 4 is 5.91 Å². The number of likely N-dealkylation sites (tertiary alicyclic amines) is 1. The van der Waals surface area contributed by atoms with Gasteiger partial charge in [-0.1, -0.05) is 36.9 Å². The fraction of sp³-hybridized carbons (Fsp3) is 0.435. The molecule has 1 aromatic carbocycles. The second-order valence-corrected chi connectivity index (χ2v) is 8.42. The average molecular weight is 435 g/mol. The van der Waals surface area contributed by atoms with Gasteiger partial charge in [-0.25, -0.2) is 4.68 Å². The minimum Gasteiger partial charge on any atom is -0.338 e. The number of rotatable bonds is 8. The van der Waals surface area contributed by atoms with Gasteiger partial charge in [-0.15, -0.1) is 5.10 Å². The van der Waals surface area contributed by atoms with Gasteiger partial charge >= 0.3 is 0 Å². The number of amides is 1. The molecule has 0 spiro atoms. The smallest absolute Gasteiger partial charge is 0.246 e. The first-order valence-corrected chi connectivity index (χ1v) is 11.1. The van der Waals surface area contributed by atoms with Crippen LogP contribution in [0.5, 0.6) is 0 Å². The van der Waals surface area contributed by atoms with Crippen molar-refractivity contribution in [2.75, 3.05) is 13.1 Å². The Hall–Kier alpha value is -3.33. The van der Waals surface area contributed by atoms with Gasteiger partial charge in [0.05, 0.1) is 12.2 Å². The van der Waals surface area contributed by atoms with Gasteiger partial charge in [0.25, 0.3) is 0 Å². The molecule has 3 heterocycles. The molecule has 0 bridgehead atoms. The minimum atomic E-state index is -0.294. The van der Waals surface area contributed by atoms with Crippen molar-refractivity contribution < 1.29 is 4.79 Å². The quantitative estimate of drug-likeness (QED) is 0.547. The summed E-state index contributed by atoms with van der Waals surface area (Å²) in [5.41, 5.74) is 1.97. The molecule has 1 aliphatic rings. The minimum absolute atomic E-state index is 0.0361. The first kappa shape index (κ1) is 21.9. The van der Waals surface area contributed by atoms with Crippen molar-refractivity contribution in [3.8, 4) is 0 Å². The van der Waals surface area contributed by atoms with Crippen LogP contribution in [0.1, 0.15) is 55.9 Å². The maximum atomic E-state index is 12.2. The molecule has 3 aromatic rings. The monoisotopic (exact) mass is 434 g/mol. The topological polar surface area (TPSA) is 93.8 Å². The van der Waals surface area contributed by atoms with E-state index in [-0.39, 0.29) is 24.0 Å². The van der Waals surface area contributed by atoms with Crippen LogP contribution in [-0.4, -0.2) is 59.9 Å². The molecule has 0 aliphatic carbocycles. The Morgan fingerprint density at radius 3 is 2.81 bits per heavy atom. The normalized spacial score (nSPS) is 17.5. The first-order valence-electron chi connectivity index (χ1n) is 11.1. The van der Waals surface area contributed by atoms with Crippen LogP contribution in [0.15, 0.2) is 55.3 Å². The number of benzene rings is 1. The number of hydrogen-bond acceptors (Lipinski definition) is 6. The molecule has 2 atom stereocenters. The van der Waals surface area contributed by atoms with Gasteiger partial charge in [0, 0.05) is 31.4 Å². The number of tetrazole rings is 1. The number of carbonyl (C=O) groups excluding carboxylic acids is 1. The first-order chi connectivity index (χ1) is 15.5. The van der Waals surface area contributed by atoms with Gasteiger partial charge in [-0.05, 0) is 54.8 Å². The zero-order valence-electron chi connectivity index (χ0n) is 18.6. The highest BCUT2D eigenvalue weighted by molar-refractivity contribution is 5.87. The molecule has 32 heavy (non-hydrogen) atoms. The van der Waals surface area contributed by atoms with Crippen LogP contribution in [0.25, 0.3) is 0 Å². The van der Waals surface area contributed by atoms with Crippen LogP contribution in [0.2, 0.25) is 0 Å². The van der Waals surface area contributed by atoms with Crippen LogP contribution in [0.4, 0.5) is 0 Å². The Balaban J connectivity index is 1.62. The number of aromatic nitrogens is 6. The Morgan fingerprint density at radius 1 is 1.28 bits per heavy atom. The summed E-state index contributed by atoms with van der Waals surface area (Å²) in [6, 6.07) is 12.2. The summed E-state index contributed by atoms with van der Waals surface area (Å²) < 4.78 is 3.75. The van der Waals surface area contributed by atoms with Crippen molar-refractivity contribution in [2.24, 2.45) is 0 Å². The zero-order chi connectivity index (χ0) is 22.5. The summed E-state index contributed by atoms with van der Waals surface area (Å²) in [7, 11) is 0. The van der Waals surface area contributed by atoms with E-state index in [4.69, 9.17) is 5.10 Å². The van der Waals surface area contributed by atoms with Crippen LogP contribution in [0, 0.1) is 0 Å². The summed E-state index contributed by atoms with van der Waals surface area (Å²) in [5, 5.41) is 21.1. The maximum Gasteiger partial charge on any atom is 0.246 e. The molecule has 1 amide bonds. The van der Waals surface area contributed by atoms with E-state index in [1.54, 1.807) is 0 Å². The van der Waals surface area contributed by atoms with Gasteiger partial charge in [-0.2, -0.15) is 5.10 Å². The molecule has 9 nitrogen and oxygen atoms in total. The van der Waals surface area contributed by atoms with Crippen molar-refractivity contribution in [1.82, 2.24) is 40.2 Å². The highest BCUT2D eigenvalue weighted by Crippen LogP contribution is 2.23. The van der Waals surface area contributed by atoms with Gasteiger partial charge in [0.1, 0.15) is 6.04 Å². The fourth-order valence-corrected chi connectivity index (χ4v) is 4.05. The second kappa shape index (κ2) is 9.86. The number of nitrogens with one attached hydrogen (secondary N) is 1. The van der Waals surface area contributed by atoms with Gasteiger partial charge < -0.3 is 4.90 Å². The predicted molar refractivity (Wildman–Crippen MR) is 121 cm³/mol. The van der Waals surface area contributed by atoms with Crippen molar-refractivity contribution in [3.05, 3.63) is 72.3 Å². The Kier molecular flexibility index (Phi) is 6.75. The van der Waals surface area contributed by atoms with Crippen LogP contribution >= 0.6 is 0 Å². The lowest BCUT2D eigenvalue weighted by Crippen LogP contribution is -2.49. The molecule has 2 aromatic heterocycles. The molecule has 1 saturated heterocycles. The number of hydrogen-bond donors (Lipinski definition) is 1. The summed E-state index contributed by atoms with van der Waals surface area (Å²) in [6.07, 6.45) is 5.25. The van der Waals surface area contributed by atoms with Gasteiger partial charge in [0.15, 0.2) is 5.82 Å². The summed E-state index contributed by atoms with van der Waals surface area (Å²) in [6.45, 7) is 9.75. The average Bonchev–Trinajstić information content (AvgIpc) is 3.48. The van der Waals surface area contributed by atoms with E-state index in [2.05, 4.69) is 53.4 Å². The van der Waals surface area contributed by atoms with E-state index >= 15 is 0 Å². The number of carbonyl (C=O) groups is 1. The molecule has 168 valence electrons. The lowest BCUT2D eigenvalue weighted by atomic mass is 10.0.